The number of nitrogens with zero attached hydrogens (tertiary/aromatic N) is 7. The molecule has 1 rings (SSSR count). The van der Waals surface area contributed by atoms with Crippen LogP contribution in [0.15, 0.2) is 6.20 Å². The molecule has 0 aliphatic carbocycles. The molecular formula is C5H4N8O10. The van der Waals surface area contributed by atoms with Crippen LogP contribution in [0.1, 0.15) is 0 Å². The third-order valence-electron chi connectivity index (χ3n) is 2.39. The van der Waals surface area contributed by atoms with E-state index in [0.717, 1.165) is 0 Å². The van der Waals surface area contributed by atoms with Crippen LogP contribution < -0.4 is 5.43 Å². The average Bonchev–Trinajstić information content (AvgIpc) is 2.82. The number of nitro groups is 5. The summed E-state index contributed by atoms with van der Waals surface area (Å²) in [5.41, 5.74) is 1.64. The molecule has 124 valence electrons. The monoisotopic (exact) mass is 336 g/mol. The highest BCUT2D eigenvalue weighted by molar-refractivity contribution is 5.25. The maximum Gasteiger partial charge on any atom is 0.720 e. The van der Waals surface area contributed by atoms with Crippen LogP contribution in [0.4, 0.5) is 11.8 Å². The summed E-state index contributed by atoms with van der Waals surface area (Å²) in [4.78, 5) is 48.2. The Morgan fingerprint density at radius 1 is 0.957 bits per heavy atom. The van der Waals surface area contributed by atoms with Crippen LogP contribution in [0, 0.1) is 50.6 Å². The zero-order valence-corrected chi connectivity index (χ0v) is 10.5. The van der Waals surface area contributed by atoms with E-state index < -0.39 is 48.7 Å². The second-order valence-corrected chi connectivity index (χ2v) is 3.66. The highest BCUT2D eigenvalue weighted by Crippen LogP contribution is 2.17. The van der Waals surface area contributed by atoms with Gasteiger partial charge < -0.3 is 20.2 Å². The molecule has 0 aliphatic heterocycles. The van der Waals surface area contributed by atoms with Crippen LogP contribution in [0.2, 0.25) is 0 Å². The first-order valence-electron chi connectivity index (χ1n) is 5.09. The minimum absolute atomic E-state index is 0.128. The van der Waals surface area contributed by atoms with E-state index in [1.165, 1.54) is 0 Å². The zero-order valence-electron chi connectivity index (χ0n) is 10.5. The molecule has 0 amide bonds. The van der Waals surface area contributed by atoms with Crippen LogP contribution in [0.5, 0.6) is 0 Å². The second kappa shape index (κ2) is 5.79. The number of hydrogen-bond donors (Lipinski definition) is 1. The minimum atomic E-state index is -3.95. The van der Waals surface area contributed by atoms with Crippen molar-refractivity contribution in [3.05, 3.63) is 56.8 Å². The molecule has 1 aromatic heterocycles. The summed E-state index contributed by atoms with van der Waals surface area (Å²) in [6.45, 7) is -1.64. The quantitative estimate of drug-likeness (QED) is 0.331. The summed E-state index contributed by atoms with van der Waals surface area (Å²) < 4.78 is 0.128. The molecule has 0 radical (unpaired) electrons. The van der Waals surface area contributed by atoms with Gasteiger partial charge in [-0.2, -0.15) is 0 Å². The minimum Gasteiger partial charge on any atom is -0.390 e. The number of aromatic nitrogens is 2. The SMILES string of the molecule is O=[N+]([O-])c1cn(NCC([N+](=O)[O-])([N+](=O)[O-])[N+](=O)[O-])c([N+](=O)[O-])n1. The number of hydrogen-bond acceptors (Lipinski definition) is 12. The predicted octanol–water partition coefficient (Wildman–Crippen LogP) is -1.27. The smallest absolute Gasteiger partial charge is 0.390 e. The largest absolute Gasteiger partial charge is 0.720 e. The van der Waals surface area contributed by atoms with Gasteiger partial charge in [-0.05, 0) is 14.8 Å². The van der Waals surface area contributed by atoms with E-state index in [4.69, 9.17) is 0 Å². The first-order chi connectivity index (χ1) is 10.5. The molecule has 0 saturated heterocycles. The maximum absolute atomic E-state index is 10.7. The van der Waals surface area contributed by atoms with Crippen LogP contribution in [0.25, 0.3) is 0 Å². The standard InChI is InChI=1S/C5H4N8O10/c14-9(15)3-1-8(4(7-3)10(16)17)6-2-5(11(18)19,12(20)21)13(22)23/h1,6H,2H2. The van der Waals surface area contributed by atoms with Crippen molar-refractivity contribution >= 4 is 11.8 Å². The fourth-order valence-electron chi connectivity index (χ4n) is 1.28. The number of imidazole rings is 1. The van der Waals surface area contributed by atoms with Crippen LogP contribution >= 0.6 is 0 Å². The summed E-state index contributed by atoms with van der Waals surface area (Å²) in [7, 11) is 0. The van der Waals surface area contributed by atoms with Gasteiger partial charge in [0, 0.05) is 0 Å². The van der Waals surface area contributed by atoms with E-state index in [-0.39, 0.29) is 4.68 Å². The van der Waals surface area contributed by atoms with Gasteiger partial charge >= 0.3 is 17.6 Å². The molecular weight excluding hydrogens is 332 g/mol. The molecule has 0 aromatic carbocycles. The third kappa shape index (κ3) is 2.88. The topological polar surface area (TPSA) is 246 Å². The van der Waals surface area contributed by atoms with Gasteiger partial charge in [-0.1, -0.05) is 0 Å². The van der Waals surface area contributed by atoms with E-state index >= 15 is 0 Å². The van der Waals surface area contributed by atoms with E-state index in [1.54, 1.807) is 5.43 Å². The van der Waals surface area contributed by atoms with E-state index in [9.17, 15) is 50.6 Å². The Hall–Kier alpha value is -3.99. The Labute approximate surface area is 122 Å². The van der Waals surface area contributed by atoms with Gasteiger partial charge in [0.1, 0.15) is 0 Å². The van der Waals surface area contributed by atoms with Gasteiger partial charge in [-0.15, -0.1) is 4.68 Å². The van der Waals surface area contributed by atoms with Crippen molar-refractivity contribution in [1.82, 2.24) is 9.66 Å². The molecule has 1 aromatic rings. The van der Waals surface area contributed by atoms with Crippen LogP contribution in [-0.2, 0) is 0 Å². The fraction of sp³-hybridized carbons (Fsp3) is 0.400. The molecule has 0 unspecified atom stereocenters. The van der Waals surface area contributed by atoms with Gasteiger partial charge in [0.05, 0.1) is 0 Å². The maximum atomic E-state index is 10.7. The van der Waals surface area contributed by atoms with Gasteiger partial charge in [0.2, 0.25) is 0 Å². The molecule has 1 heterocycles. The Morgan fingerprint density at radius 3 is 1.78 bits per heavy atom. The number of rotatable bonds is 8. The van der Waals surface area contributed by atoms with Gasteiger partial charge in [0.25, 0.3) is 6.54 Å². The van der Waals surface area contributed by atoms with Gasteiger partial charge in [0.15, 0.2) is 21.0 Å². The molecule has 0 atom stereocenters. The predicted molar refractivity (Wildman–Crippen MR) is 63.5 cm³/mol. The Morgan fingerprint density at radius 2 is 1.43 bits per heavy atom. The van der Waals surface area contributed by atoms with E-state index in [0.29, 0.717) is 6.20 Å². The molecule has 23 heavy (non-hydrogen) atoms. The lowest BCUT2D eigenvalue weighted by atomic mass is 10.4. The van der Waals surface area contributed by atoms with Crippen molar-refractivity contribution in [2.24, 2.45) is 0 Å². The first-order valence-corrected chi connectivity index (χ1v) is 5.09. The summed E-state index contributed by atoms with van der Waals surface area (Å²) >= 11 is 0. The highest BCUT2D eigenvalue weighted by Gasteiger charge is 2.71. The highest BCUT2D eigenvalue weighted by atomic mass is 16.7. The van der Waals surface area contributed by atoms with Crippen LogP contribution in [0.3, 0.4) is 0 Å². The lowest BCUT2D eigenvalue weighted by Crippen LogP contribution is -2.58. The fourth-order valence-corrected chi connectivity index (χ4v) is 1.28. The summed E-state index contributed by atoms with van der Waals surface area (Å²) in [6, 6.07) is 0. The van der Waals surface area contributed by atoms with Gasteiger partial charge in [-0.3, -0.25) is 35.8 Å². The van der Waals surface area contributed by atoms with Crippen molar-refractivity contribution < 1.29 is 24.6 Å². The normalized spacial score (nSPS) is 10.8. The third-order valence-corrected chi connectivity index (χ3v) is 2.39. The van der Waals surface area contributed by atoms with Crippen molar-refractivity contribution in [1.29, 1.82) is 0 Å². The molecule has 1 N–H and O–H groups in total. The zero-order chi connectivity index (χ0) is 17.9. The summed E-state index contributed by atoms with van der Waals surface area (Å²) in [6.07, 6.45) is 0.378. The van der Waals surface area contributed by atoms with Crippen molar-refractivity contribution in [2.45, 2.75) is 5.79 Å². The Balaban J connectivity index is 3.24. The van der Waals surface area contributed by atoms with E-state index in [2.05, 4.69) is 4.98 Å². The lowest BCUT2D eigenvalue weighted by Gasteiger charge is -2.09. The molecule has 18 nitrogen and oxygen atoms in total. The molecule has 0 aliphatic rings. The molecule has 0 spiro atoms. The Bertz CT molecular complexity index is 672. The van der Waals surface area contributed by atoms with Crippen LogP contribution in [-0.4, -0.2) is 46.6 Å². The van der Waals surface area contributed by atoms with E-state index in [1.807, 2.05) is 0 Å². The molecule has 0 bridgehead atoms. The van der Waals surface area contributed by atoms with Gasteiger partial charge in [-0.25, -0.2) is 0 Å². The second-order valence-electron chi connectivity index (χ2n) is 3.66. The molecule has 0 saturated carbocycles. The summed E-state index contributed by atoms with van der Waals surface area (Å²) in [5.74, 6) is -6.26. The first kappa shape index (κ1) is 17.1. The lowest BCUT2D eigenvalue weighted by molar-refractivity contribution is -0.965. The average molecular weight is 336 g/mol. The number of nitrogens with one attached hydrogen (secondary N) is 1. The molecule has 0 fully saturated rings. The van der Waals surface area contributed by atoms with Crippen molar-refractivity contribution in [3.8, 4) is 0 Å². The Kier molecular flexibility index (Phi) is 4.29. The summed E-state index contributed by atoms with van der Waals surface area (Å²) in [5, 5.41) is 53.1. The van der Waals surface area contributed by atoms with Crippen molar-refractivity contribution in [3.63, 3.8) is 0 Å². The molecule has 18 heteroatoms. The van der Waals surface area contributed by atoms with Crippen molar-refractivity contribution in [2.75, 3.05) is 12.0 Å².